The van der Waals surface area contributed by atoms with Crippen molar-refractivity contribution in [3.8, 4) is 5.75 Å². The number of fused-ring (bicyclic) bond motifs is 1. The molecule has 0 bridgehead atoms. The smallest absolute Gasteiger partial charge is 0.225 e. The Labute approximate surface area is 115 Å². The van der Waals surface area contributed by atoms with Gasteiger partial charge in [-0.25, -0.2) is 0 Å². The minimum atomic E-state index is 0.139. The first kappa shape index (κ1) is 13.9. The van der Waals surface area contributed by atoms with Crippen molar-refractivity contribution in [3.05, 3.63) is 29.8 Å². The van der Waals surface area contributed by atoms with Crippen molar-refractivity contribution >= 4 is 5.91 Å². The lowest BCUT2D eigenvalue weighted by Gasteiger charge is -2.34. The van der Waals surface area contributed by atoms with Crippen molar-refractivity contribution in [1.29, 1.82) is 0 Å². The number of carbonyl (C=O) groups is 1. The van der Waals surface area contributed by atoms with Crippen LogP contribution in [0.25, 0.3) is 0 Å². The van der Waals surface area contributed by atoms with Crippen molar-refractivity contribution < 1.29 is 9.53 Å². The largest absolute Gasteiger partial charge is 0.493 e. The lowest BCUT2D eigenvalue weighted by atomic mass is 9.96. The van der Waals surface area contributed by atoms with Crippen molar-refractivity contribution in [2.75, 3.05) is 13.7 Å². The van der Waals surface area contributed by atoms with Gasteiger partial charge in [0, 0.05) is 24.9 Å². The summed E-state index contributed by atoms with van der Waals surface area (Å²) in [6, 6.07) is 8.19. The van der Waals surface area contributed by atoms with E-state index in [1.807, 2.05) is 30.1 Å². The molecule has 1 aliphatic rings. The van der Waals surface area contributed by atoms with Gasteiger partial charge in [-0.05, 0) is 18.9 Å². The number of hydrogen-bond donors (Lipinski definition) is 0. The zero-order chi connectivity index (χ0) is 13.8. The van der Waals surface area contributed by atoms with Crippen LogP contribution in [0, 0.1) is 5.92 Å². The van der Waals surface area contributed by atoms with Crippen LogP contribution in [0.5, 0.6) is 5.75 Å². The fourth-order valence-electron chi connectivity index (χ4n) is 2.81. The molecule has 19 heavy (non-hydrogen) atoms. The molecule has 0 spiro atoms. The maximum atomic E-state index is 12.5. The summed E-state index contributed by atoms with van der Waals surface area (Å²) in [6.45, 7) is 4.85. The van der Waals surface area contributed by atoms with Crippen LogP contribution in [0.4, 0.5) is 0 Å². The number of rotatable bonds is 4. The second kappa shape index (κ2) is 6.09. The first-order chi connectivity index (χ1) is 9.19. The molecule has 0 saturated heterocycles. The van der Waals surface area contributed by atoms with Crippen molar-refractivity contribution in [1.82, 2.24) is 4.90 Å². The van der Waals surface area contributed by atoms with Crippen molar-refractivity contribution in [2.45, 2.75) is 39.2 Å². The average molecular weight is 261 g/mol. The van der Waals surface area contributed by atoms with Crippen LogP contribution in [-0.2, 0) is 4.79 Å². The molecule has 1 heterocycles. The minimum absolute atomic E-state index is 0.139. The molecule has 0 aromatic heterocycles. The Balaban J connectivity index is 2.21. The van der Waals surface area contributed by atoms with Crippen LogP contribution in [0.2, 0.25) is 0 Å². The molecule has 0 saturated carbocycles. The highest BCUT2D eigenvalue weighted by Gasteiger charge is 2.29. The van der Waals surface area contributed by atoms with Gasteiger partial charge in [0.15, 0.2) is 0 Å². The van der Waals surface area contributed by atoms with Gasteiger partial charge in [0.05, 0.1) is 12.6 Å². The molecule has 0 fully saturated rings. The van der Waals surface area contributed by atoms with Gasteiger partial charge in [0.1, 0.15) is 5.75 Å². The van der Waals surface area contributed by atoms with Gasteiger partial charge in [0.2, 0.25) is 5.91 Å². The van der Waals surface area contributed by atoms with E-state index in [1.54, 1.807) is 0 Å². The van der Waals surface area contributed by atoms with E-state index in [9.17, 15) is 4.79 Å². The standard InChI is InChI=1S/C16H23NO2/c1-4-12(5-2)16(18)17(3)14-10-11-19-15-9-7-6-8-13(14)15/h6-9,12,14H,4-5,10-11H2,1-3H3. The number of nitrogens with zero attached hydrogens (tertiary/aromatic N) is 1. The van der Waals surface area contributed by atoms with Crippen molar-refractivity contribution in [3.63, 3.8) is 0 Å². The Hall–Kier alpha value is -1.51. The summed E-state index contributed by atoms with van der Waals surface area (Å²) in [7, 11) is 1.92. The van der Waals surface area contributed by atoms with Gasteiger partial charge >= 0.3 is 0 Å². The van der Waals surface area contributed by atoms with Crippen molar-refractivity contribution in [2.24, 2.45) is 5.92 Å². The van der Waals surface area contributed by atoms with Gasteiger partial charge in [-0.15, -0.1) is 0 Å². The molecule has 1 aromatic rings. The fourth-order valence-corrected chi connectivity index (χ4v) is 2.81. The molecule has 0 radical (unpaired) electrons. The fraction of sp³-hybridized carbons (Fsp3) is 0.562. The quantitative estimate of drug-likeness (QED) is 0.831. The zero-order valence-electron chi connectivity index (χ0n) is 12.1. The van der Waals surface area contributed by atoms with E-state index in [0.29, 0.717) is 6.61 Å². The molecule has 0 aliphatic carbocycles. The van der Waals surface area contributed by atoms with E-state index in [2.05, 4.69) is 19.9 Å². The molecule has 1 unspecified atom stereocenters. The highest BCUT2D eigenvalue weighted by Crippen LogP contribution is 2.35. The number of ether oxygens (including phenoxy) is 1. The van der Waals surface area contributed by atoms with Crippen LogP contribution in [0.15, 0.2) is 24.3 Å². The van der Waals surface area contributed by atoms with Gasteiger partial charge in [-0.1, -0.05) is 32.0 Å². The van der Waals surface area contributed by atoms with Crippen LogP contribution in [-0.4, -0.2) is 24.5 Å². The Morgan fingerprint density at radius 2 is 2.05 bits per heavy atom. The topological polar surface area (TPSA) is 29.5 Å². The molecular formula is C16H23NO2. The molecule has 1 amide bonds. The molecule has 0 N–H and O–H groups in total. The Bertz CT molecular complexity index is 440. The summed E-state index contributed by atoms with van der Waals surface area (Å²) in [6.07, 6.45) is 2.69. The number of hydrogen-bond acceptors (Lipinski definition) is 2. The lowest BCUT2D eigenvalue weighted by Crippen LogP contribution is -2.37. The monoisotopic (exact) mass is 261 g/mol. The van der Waals surface area contributed by atoms with Gasteiger partial charge in [-0.2, -0.15) is 0 Å². The maximum absolute atomic E-state index is 12.5. The highest BCUT2D eigenvalue weighted by molar-refractivity contribution is 5.79. The molecular weight excluding hydrogens is 238 g/mol. The van der Waals surface area contributed by atoms with Crippen LogP contribution < -0.4 is 4.74 Å². The number of carbonyl (C=O) groups excluding carboxylic acids is 1. The molecule has 1 aliphatic heterocycles. The second-order valence-electron chi connectivity index (χ2n) is 5.15. The van der Waals surface area contributed by atoms with Gasteiger partial charge in [-0.3, -0.25) is 4.79 Å². The first-order valence-electron chi connectivity index (χ1n) is 7.17. The summed E-state index contributed by atoms with van der Waals surface area (Å²) in [5.41, 5.74) is 1.13. The van der Waals surface area contributed by atoms with E-state index in [1.165, 1.54) is 0 Å². The van der Waals surface area contributed by atoms with Crippen LogP contribution in [0.1, 0.15) is 44.7 Å². The van der Waals surface area contributed by atoms with E-state index in [0.717, 1.165) is 30.6 Å². The number of amides is 1. The van der Waals surface area contributed by atoms with Gasteiger partial charge < -0.3 is 9.64 Å². The summed E-state index contributed by atoms with van der Waals surface area (Å²) in [5, 5.41) is 0. The maximum Gasteiger partial charge on any atom is 0.225 e. The summed E-state index contributed by atoms with van der Waals surface area (Å²) >= 11 is 0. The Morgan fingerprint density at radius 3 is 2.74 bits per heavy atom. The van der Waals surface area contributed by atoms with E-state index in [4.69, 9.17) is 4.74 Å². The van der Waals surface area contributed by atoms with E-state index in [-0.39, 0.29) is 17.9 Å². The molecule has 104 valence electrons. The molecule has 3 heteroatoms. The van der Waals surface area contributed by atoms with Gasteiger partial charge in [0.25, 0.3) is 0 Å². The second-order valence-corrected chi connectivity index (χ2v) is 5.15. The van der Waals surface area contributed by atoms with Crippen LogP contribution in [0.3, 0.4) is 0 Å². The van der Waals surface area contributed by atoms with E-state index < -0.39 is 0 Å². The number of para-hydroxylation sites is 1. The minimum Gasteiger partial charge on any atom is -0.493 e. The molecule has 3 nitrogen and oxygen atoms in total. The molecule has 1 atom stereocenters. The first-order valence-corrected chi connectivity index (χ1v) is 7.17. The average Bonchev–Trinajstić information content (AvgIpc) is 2.47. The third-order valence-corrected chi connectivity index (χ3v) is 4.08. The van der Waals surface area contributed by atoms with Crippen LogP contribution >= 0.6 is 0 Å². The predicted octanol–water partition coefficient (Wildman–Crippen LogP) is 3.40. The highest BCUT2D eigenvalue weighted by atomic mass is 16.5. The van der Waals surface area contributed by atoms with E-state index >= 15 is 0 Å². The third-order valence-electron chi connectivity index (χ3n) is 4.08. The zero-order valence-corrected chi connectivity index (χ0v) is 12.1. The SMILES string of the molecule is CCC(CC)C(=O)N(C)C1CCOc2ccccc21. The Morgan fingerprint density at radius 1 is 1.37 bits per heavy atom. The Kier molecular flexibility index (Phi) is 4.46. The lowest BCUT2D eigenvalue weighted by molar-refractivity contribution is -0.137. The normalized spacial score (nSPS) is 17.8. The number of benzene rings is 1. The molecule has 2 rings (SSSR count). The molecule has 1 aromatic carbocycles. The summed E-state index contributed by atoms with van der Waals surface area (Å²) in [4.78, 5) is 14.4. The summed E-state index contributed by atoms with van der Waals surface area (Å²) in [5.74, 6) is 1.31. The summed E-state index contributed by atoms with van der Waals surface area (Å²) < 4.78 is 5.66. The predicted molar refractivity (Wildman–Crippen MR) is 76.1 cm³/mol. The third kappa shape index (κ3) is 2.75.